The molecular weight excluding hydrogens is 214 g/mol. The lowest BCUT2D eigenvalue weighted by molar-refractivity contribution is 0.0849. The first kappa shape index (κ1) is 12.4. The summed E-state index contributed by atoms with van der Waals surface area (Å²) < 4.78 is 5.51. The number of hydrogen-bond donors (Lipinski definition) is 1. The molecule has 1 heterocycles. The van der Waals surface area contributed by atoms with E-state index in [4.69, 9.17) is 9.84 Å². The fraction of sp³-hybridized carbons (Fsp3) is 0.571. The van der Waals surface area contributed by atoms with Crippen LogP contribution in [0.4, 0.5) is 5.69 Å². The SMILES string of the molecule is Cc1cccc(C)c1N1CCOCC1CCO. The molecule has 0 aliphatic carbocycles. The van der Waals surface area contributed by atoms with Crippen molar-refractivity contribution < 1.29 is 9.84 Å². The van der Waals surface area contributed by atoms with Crippen molar-refractivity contribution in [3.05, 3.63) is 29.3 Å². The smallest absolute Gasteiger partial charge is 0.0671 e. The Morgan fingerprint density at radius 3 is 2.71 bits per heavy atom. The average molecular weight is 235 g/mol. The van der Waals surface area contributed by atoms with E-state index < -0.39 is 0 Å². The van der Waals surface area contributed by atoms with Gasteiger partial charge in [0.05, 0.1) is 19.3 Å². The van der Waals surface area contributed by atoms with Crippen LogP contribution >= 0.6 is 0 Å². The van der Waals surface area contributed by atoms with Gasteiger partial charge in [0.25, 0.3) is 0 Å². The molecule has 3 heteroatoms. The molecule has 0 aromatic heterocycles. The highest BCUT2D eigenvalue weighted by Gasteiger charge is 2.24. The highest BCUT2D eigenvalue weighted by molar-refractivity contribution is 5.59. The molecule has 1 saturated heterocycles. The molecule has 1 atom stereocenters. The van der Waals surface area contributed by atoms with E-state index in [-0.39, 0.29) is 6.61 Å². The van der Waals surface area contributed by atoms with Crippen LogP contribution in [0.5, 0.6) is 0 Å². The van der Waals surface area contributed by atoms with Crippen LogP contribution in [0.15, 0.2) is 18.2 Å². The van der Waals surface area contributed by atoms with E-state index >= 15 is 0 Å². The predicted octanol–water partition coefficient (Wildman–Crippen LogP) is 1.89. The first-order valence-corrected chi connectivity index (χ1v) is 6.25. The van der Waals surface area contributed by atoms with Gasteiger partial charge in [0.2, 0.25) is 0 Å². The van der Waals surface area contributed by atoms with E-state index in [2.05, 4.69) is 36.9 Å². The van der Waals surface area contributed by atoms with E-state index in [1.807, 2.05) is 0 Å². The Morgan fingerprint density at radius 2 is 2.06 bits per heavy atom. The fourth-order valence-electron chi connectivity index (χ4n) is 2.60. The van der Waals surface area contributed by atoms with Crippen LogP contribution in [0.3, 0.4) is 0 Å². The number of ether oxygens (including phenoxy) is 1. The summed E-state index contributed by atoms with van der Waals surface area (Å²) in [4.78, 5) is 2.39. The minimum absolute atomic E-state index is 0.218. The van der Waals surface area contributed by atoms with Crippen LogP contribution in [0.1, 0.15) is 17.5 Å². The molecule has 1 aromatic rings. The number of hydrogen-bond acceptors (Lipinski definition) is 3. The molecule has 1 aromatic carbocycles. The summed E-state index contributed by atoms with van der Waals surface area (Å²) in [6.07, 6.45) is 0.772. The van der Waals surface area contributed by atoms with E-state index in [1.165, 1.54) is 16.8 Å². The minimum atomic E-state index is 0.218. The van der Waals surface area contributed by atoms with Crippen molar-refractivity contribution in [1.29, 1.82) is 0 Å². The molecule has 0 bridgehead atoms. The number of anilines is 1. The highest BCUT2D eigenvalue weighted by Crippen LogP contribution is 2.28. The maximum atomic E-state index is 9.14. The van der Waals surface area contributed by atoms with Crippen molar-refractivity contribution in [3.63, 3.8) is 0 Å². The molecule has 1 aliphatic heterocycles. The molecule has 3 nitrogen and oxygen atoms in total. The Hall–Kier alpha value is -1.06. The van der Waals surface area contributed by atoms with Crippen LogP contribution in [0, 0.1) is 13.8 Å². The zero-order chi connectivity index (χ0) is 12.3. The number of nitrogens with zero attached hydrogens (tertiary/aromatic N) is 1. The Bertz CT molecular complexity index is 356. The molecule has 0 spiro atoms. The van der Waals surface area contributed by atoms with Gasteiger partial charge in [-0.25, -0.2) is 0 Å². The monoisotopic (exact) mass is 235 g/mol. The molecule has 94 valence electrons. The fourth-order valence-corrected chi connectivity index (χ4v) is 2.60. The average Bonchev–Trinajstić information content (AvgIpc) is 2.31. The van der Waals surface area contributed by atoms with Gasteiger partial charge in [-0.1, -0.05) is 18.2 Å². The van der Waals surface area contributed by atoms with Gasteiger partial charge in [-0.3, -0.25) is 0 Å². The van der Waals surface area contributed by atoms with Crippen LogP contribution in [0.2, 0.25) is 0 Å². The van der Waals surface area contributed by atoms with Crippen molar-refractivity contribution in [2.24, 2.45) is 0 Å². The molecular formula is C14H21NO2. The second-order valence-corrected chi connectivity index (χ2v) is 4.67. The number of benzene rings is 1. The Kier molecular flexibility index (Phi) is 4.02. The predicted molar refractivity (Wildman–Crippen MR) is 69.6 cm³/mol. The standard InChI is InChI=1S/C14H21NO2/c1-11-4-3-5-12(2)14(11)15-7-9-17-10-13(15)6-8-16/h3-5,13,16H,6-10H2,1-2H3. The third-order valence-electron chi connectivity index (χ3n) is 3.42. The van der Waals surface area contributed by atoms with E-state index in [1.54, 1.807) is 0 Å². The van der Waals surface area contributed by atoms with Gasteiger partial charge in [0, 0.05) is 18.8 Å². The summed E-state index contributed by atoms with van der Waals surface area (Å²) in [6.45, 7) is 6.91. The maximum Gasteiger partial charge on any atom is 0.0671 e. The van der Waals surface area contributed by atoms with Gasteiger partial charge in [-0.2, -0.15) is 0 Å². The molecule has 0 amide bonds. The summed E-state index contributed by atoms with van der Waals surface area (Å²) in [7, 11) is 0. The van der Waals surface area contributed by atoms with Crippen molar-refractivity contribution in [2.45, 2.75) is 26.3 Å². The molecule has 1 fully saturated rings. The summed E-state index contributed by atoms with van der Waals surface area (Å²) in [5.74, 6) is 0. The van der Waals surface area contributed by atoms with Gasteiger partial charge < -0.3 is 14.7 Å². The summed E-state index contributed by atoms with van der Waals surface area (Å²) in [6, 6.07) is 6.69. The molecule has 1 aliphatic rings. The number of aryl methyl sites for hydroxylation is 2. The molecule has 0 radical (unpaired) electrons. The second kappa shape index (κ2) is 5.52. The molecule has 2 rings (SSSR count). The molecule has 0 saturated carbocycles. The van der Waals surface area contributed by atoms with Gasteiger partial charge >= 0.3 is 0 Å². The summed E-state index contributed by atoms with van der Waals surface area (Å²) in [5.41, 5.74) is 3.92. The van der Waals surface area contributed by atoms with Gasteiger partial charge in [0.1, 0.15) is 0 Å². The number of morpholine rings is 1. The quantitative estimate of drug-likeness (QED) is 0.868. The van der Waals surface area contributed by atoms with Crippen LogP contribution in [-0.2, 0) is 4.74 Å². The second-order valence-electron chi connectivity index (χ2n) is 4.67. The van der Waals surface area contributed by atoms with E-state index in [0.717, 1.165) is 19.6 Å². The third-order valence-corrected chi connectivity index (χ3v) is 3.42. The number of aliphatic hydroxyl groups is 1. The number of rotatable bonds is 3. The minimum Gasteiger partial charge on any atom is -0.396 e. The Labute approximate surface area is 103 Å². The number of aliphatic hydroxyl groups excluding tert-OH is 1. The van der Waals surface area contributed by atoms with Crippen molar-refractivity contribution >= 4 is 5.69 Å². The first-order chi connectivity index (χ1) is 8.24. The van der Waals surface area contributed by atoms with Crippen molar-refractivity contribution in [2.75, 3.05) is 31.3 Å². The van der Waals surface area contributed by atoms with E-state index in [0.29, 0.717) is 12.6 Å². The molecule has 17 heavy (non-hydrogen) atoms. The van der Waals surface area contributed by atoms with Crippen LogP contribution in [0.25, 0.3) is 0 Å². The van der Waals surface area contributed by atoms with Gasteiger partial charge in [0.15, 0.2) is 0 Å². The van der Waals surface area contributed by atoms with Crippen molar-refractivity contribution in [1.82, 2.24) is 0 Å². The first-order valence-electron chi connectivity index (χ1n) is 6.25. The summed E-state index contributed by atoms with van der Waals surface area (Å²) >= 11 is 0. The maximum absolute atomic E-state index is 9.14. The van der Waals surface area contributed by atoms with Crippen molar-refractivity contribution in [3.8, 4) is 0 Å². The van der Waals surface area contributed by atoms with Gasteiger partial charge in [-0.05, 0) is 31.4 Å². The lowest BCUT2D eigenvalue weighted by Gasteiger charge is -2.39. The normalized spacial score (nSPS) is 20.6. The largest absolute Gasteiger partial charge is 0.396 e. The molecule has 1 N–H and O–H groups in total. The Morgan fingerprint density at radius 1 is 1.35 bits per heavy atom. The van der Waals surface area contributed by atoms with Crippen LogP contribution < -0.4 is 4.90 Å². The topological polar surface area (TPSA) is 32.7 Å². The third kappa shape index (κ3) is 2.61. The molecule has 1 unspecified atom stereocenters. The zero-order valence-electron chi connectivity index (χ0n) is 10.6. The Balaban J connectivity index is 2.29. The lowest BCUT2D eigenvalue weighted by Crippen LogP contribution is -2.46. The zero-order valence-corrected chi connectivity index (χ0v) is 10.6. The lowest BCUT2D eigenvalue weighted by atomic mass is 10.0. The summed E-state index contributed by atoms with van der Waals surface area (Å²) in [5, 5.41) is 9.14. The van der Waals surface area contributed by atoms with Gasteiger partial charge in [-0.15, -0.1) is 0 Å². The highest BCUT2D eigenvalue weighted by atomic mass is 16.5. The number of para-hydroxylation sites is 1. The van der Waals surface area contributed by atoms with Crippen LogP contribution in [-0.4, -0.2) is 37.5 Å². The van der Waals surface area contributed by atoms with E-state index in [9.17, 15) is 0 Å².